The van der Waals surface area contributed by atoms with Gasteiger partial charge in [0.2, 0.25) is 10.0 Å². The van der Waals surface area contributed by atoms with Gasteiger partial charge in [-0.25, -0.2) is 13.1 Å². The minimum atomic E-state index is -4.02. The molecular weight excluding hydrogens is 368 g/mol. The Labute approximate surface area is 159 Å². The number of nitrogens with one attached hydrogen (secondary N) is 1. The molecule has 0 aromatic heterocycles. The summed E-state index contributed by atoms with van der Waals surface area (Å²) in [5, 5.41) is 11.1. The number of nitrogens with zero attached hydrogens (tertiary/aromatic N) is 3. The van der Waals surface area contributed by atoms with Crippen LogP contribution in [-0.2, 0) is 10.0 Å². The molecule has 146 valence electrons. The van der Waals surface area contributed by atoms with Crippen molar-refractivity contribution in [3.8, 4) is 0 Å². The lowest BCUT2D eigenvalue weighted by Gasteiger charge is -2.25. The number of nitro groups is 1. The van der Waals surface area contributed by atoms with Crippen LogP contribution in [0.3, 0.4) is 0 Å². The van der Waals surface area contributed by atoms with E-state index < -0.39 is 20.6 Å². The lowest BCUT2D eigenvalue weighted by Crippen LogP contribution is -2.34. The van der Waals surface area contributed by atoms with Crippen LogP contribution in [0.15, 0.2) is 53.4 Å². The van der Waals surface area contributed by atoms with Crippen LogP contribution in [0, 0.1) is 10.1 Å². The maximum Gasteiger partial charge on any atom is 0.289 e. The van der Waals surface area contributed by atoms with Gasteiger partial charge in [-0.2, -0.15) is 0 Å². The van der Waals surface area contributed by atoms with Gasteiger partial charge in [0.05, 0.1) is 4.92 Å². The molecule has 27 heavy (non-hydrogen) atoms. The first kappa shape index (κ1) is 20.8. The van der Waals surface area contributed by atoms with Crippen LogP contribution >= 0.6 is 0 Å². The van der Waals surface area contributed by atoms with Gasteiger partial charge in [0.25, 0.3) is 5.69 Å². The van der Waals surface area contributed by atoms with Crippen LogP contribution in [0.2, 0.25) is 0 Å². The van der Waals surface area contributed by atoms with Gasteiger partial charge in [-0.15, -0.1) is 0 Å². The predicted octanol–water partition coefficient (Wildman–Crippen LogP) is 2.24. The number of para-hydroxylation sites is 1. The fourth-order valence-corrected chi connectivity index (χ4v) is 3.90. The summed E-state index contributed by atoms with van der Waals surface area (Å²) in [6.07, 6.45) is 0. The van der Waals surface area contributed by atoms with E-state index in [1.165, 1.54) is 24.3 Å². The van der Waals surface area contributed by atoms with Crippen LogP contribution in [-0.4, -0.2) is 53.0 Å². The quantitative estimate of drug-likeness (QED) is 0.547. The number of rotatable bonds is 8. The van der Waals surface area contributed by atoms with Crippen molar-refractivity contribution in [3.05, 3.63) is 64.2 Å². The molecule has 0 unspecified atom stereocenters. The highest BCUT2D eigenvalue weighted by Crippen LogP contribution is 2.25. The predicted molar refractivity (Wildman–Crippen MR) is 105 cm³/mol. The van der Waals surface area contributed by atoms with E-state index in [2.05, 4.69) is 4.72 Å². The molecule has 0 aliphatic rings. The third-order valence-corrected chi connectivity index (χ3v) is 5.71. The lowest BCUT2D eigenvalue weighted by atomic mass is 10.1. The standard InChI is InChI=1S/C18H24N4O4S/c1-20(2)15-11-9-14(10-12-15)17(21(3)4)13-19-27(25,26)18-8-6-5-7-16(18)22(23)24/h5-12,17,19H,13H2,1-4H3/t17-/m0/s1. The first-order valence-electron chi connectivity index (χ1n) is 8.30. The summed E-state index contributed by atoms with van der Waals surface area (Å²) in [6.45, 7) is 0.0860. The van der Waals surface area contributed by atoms with E-state index in [9.17, 15) is 18.5 Å². The molecule has 1 atom stereocenters. The number of benzene rings is 2. The van der Waals surface area contributed by atoms with Gasteiger partial charge in [-0.05, 0) is 37.9 Å². The summed E-state index contributed by atoms with van der Waals surface area (Å²) in [5.74, 6) is 0. The van der Waals surface area contributed by atoms with E-state index in [0.717, 1.165) is 11.3 Å². The minimum absolute atomic E-state index is 0.0860. The fourth-order valence-electron chi connectivity index (χ4n) is 2.69. The van der Waals surface area contributed by atoms with E-state index in [-0.39, 0.29) is 17.5 Å². The molecule has 0 bridgehead atoms. The Morgan fingerprint density at radius 2 is 1.63 bits per heavy atom. The Kier molecular flexibility index (Phi) is 6.53. The molecule has 8 nitrogen and oxygen atoms in total. The molecule has 1 N–H and O–H groups in total. The van der Waals surface area contributed by atoms with E-state index >= 15 is 0 Å². The highest BCUT2D eigenvalue weighted by Gasteiger charge is 2.26. The molecule has 0 heterocycles. The number of sulfonamides is 1. The molecule has 0 aliphatic heterocycles. The van der Waals surface area contributed by atoms with Gasteiger partial charge >= 0.3 is 0 Å². The topological polar surface area (TPSA) is 95.8 Å². The maximum atomic E-state index is 12.6. The summed E-state index contributed by atoms with van der Waals surface area (Å²) >= 11 is 0. The first-order chi connectivity index (χ1) is 12.6. The number of anilines is 1. The van der Waals surface area contributed by atoms with Gasteiger partial charge in [0, 0.05) is 38.4 Å². The average molecular weight is 392 g/mol. The second-order valence-electron chi connectivity index (χ2n) is 6.54. The van der Waals surface area contributed by atoms with Crippen LogP contribution in [0.1, 0.15) is 11.6 Å². The van der Waals surface area contributed by atoms with Gasteiger partial charge in [-0.1, -0.05) is 24.3 Å². The monoisotopic (exact) mass is 392 g/mol. The van der Waals surface area contributed by atoms with Crippen molar-refractivity contribution in [1.29, 1.82) is 0 Å². The van der Waals surface area contributed by atoms with Gasteiger partial charge in [0.1, 0.15) is 0 Å². The maximum absolute atomic E-state index is 12.6. The zero-order valence-electron chi connectivity index (χ0n) is 15.8. The largest absolute Gasteiger partial charge is 0.378 e. The van der Waals surface area contributed by atoms with E-state index in [1.807, 2.05) is 62.3 Å². The Morgan fingerprint density at radius 1 is 1.04 bits per heavy atom. The molecule has 0 radical (unpaired) electrons. The second-order valence-corrected chi connectivity index (χ2v) is 8.28. The normalized spacial score (nSPS) is 12.8. The van der Waals surface area contributed by atoms with Gasteiger partial charge in [0.15, 0.2) is 4.90 Å². The molecule has 0 fully saturated rings. The Bertz CT molecular complexity index is 896. The molecule has 0 aliphatic carbocycles. The molecule has 9 heteroatoms. The van der Waals surface area contributed by atoms with Crippen LogP contribution < -0.4 is 9.62 Å². The molecule has 0 amide bonds. The average Bonchev–Trinajstić information content (AvgIpc) is 2.62. The van der Waals surface area contributed by atoms with E-state index in [4.69, 9.17) is 0 Å². The first-order valence-corrected chi connectivity index (χ1v) is 9.78. The molecule has 0 saturated carbocycles. The zero-order valence-corrected chi connectivity index (χ0v) is 16.6. The molecule has 2 aromatic carbocycles. The molecular formula is C18H24N4O4S. The van der Waals surface area contributed by atoms with Crippen molar-refractivity contribution in [2.24, 2.45) is 0 Å². The van der Waals surface area contributed by atoms with Crippen molar-refractivity contribution >= 4 is 21.4 Å². The Balaban J connectivity index is 2.24. The van der Waals surface area contributed by atoms with Crippen molar-refractivity contribution in [3.63, 3.8) is 0 Å². The molecule has 2 rings (SSSR count). The smallest absolute Gasteiger partial charge is 0.289 e. The fraction of sp³-hybridized carbons (Fsp3) is 0.333. The van der Waals surface area contributed by atoms with E-state index in [1.54, 1.807) is 0 Å². The van der Waals surface area contributed by atoms with Crippen molar-refractivity contribution < 1.29 is 13.3 Å². The van der Waals surface area contributed by atoms with Crippen LogP contribution in [0.4, 0.5) is 11.4 Å². The Hall–Kier alpha value is -2.49. The summed E-state index contributed by atoms with van der Waals surface area (Å²) in [6, 6.07) is 12.9. The highest BCUT2D eigenvalue weighted by molar-refractivity contribution is 7.89. The molecule has 0 saturated heterocycles. The lowest BCUT2D eigenvalue weighted by molar-refractivity contribution is -0.387. The van der Waals surface area contributed by atoms with Crippen molar-refractivity contribution in [2.45, 2.75) is 10.9 Å². The summed E-state index contributed by atoms with van der Waals surface area (Å²) in [5.41, 5.74) is 1.54. The summed E-state index contributed by atoms with van der Waals surface area (Å²) in [7, 11) is 3.57. The summed E-state index contributed by atoms with van der Waals surface area (Å²) in [4.78, 5) is 14.0. The third-order valence-electron chi connectivity index (χ3n) is 4.24. The van der Waals surface area contributed by atoms with Gasteiger partial charge < -0.3 is 9.80 Å². The van der Waals surface area contributed by atoms with Crippen molar-refractivity contribution in [2.75, 3.05) is 39.6 Å². The van der Waals surface area contributed by atoms with Crippen LogP contribution in [0.5, 0.6) is 0 Å². The second kappa shape index (κ2) is 8.47. The van der Waals surface area contributed by atoms with E-state index in [0.29, 0.717) is 0 Å². The third kappa shape index (κ3) is 5.03. The Morgan fingerprint density at radius 3 is 2.15 bits per heavy atom. The summed E-state index contributed by atoms with van der Waals surface area (Å²) < 4.78 is 27.7. The van der Waals surface area contributed by atoms with Gasteiger partial charge in [-0.3, -0.25) is 10.1 Å². The molecule has 2 aromatic rings. The minimum Gasteiger partial charge on any atom is -0.378 e. The van der Waals surface area contributed by atoms with Crippen molar-refractivity contribution in [1.82, 2.24) is 9.62 Å². The molecule has 0 spiro atoms. The number of hydrogen-bond donors (Lipinski definition) is 1. The zero-order chi connectivity index (χ0) is 20.2. The SMILES string of the molecule is CN(C)c1ccc([C@H](CNS(=O)(=O)c2ccccc2[N+](=O)[O-])N(C)C)cc1. The number of nitro benzene ring substituents is 1. The number of likely N-dealkylation sites (N-methyl/N-ethyl adjacent to an activating group) is 1. The highest BCUT2D eigenvalue weighted by atomic mass is 32.2. The van der Waals surface area contributed by atoms with Crippen LogP contribution in [0.25, 0.3) is 0 Å². The number of hydrogen-bond acceptors (Lipinski definition) is 6.